The summed E-state index contributed by atoms with van der Waals surface area (Å²) in [5.74, 6) is 1.25. The maximum Gasteiger partial charge on any atom is 0.135 e. The van der Waals surface area contributed by atoms with E-state index in [1.54, 1.807) is 0 Å². The molecule has 48 heavy (non-hydrogen) atoms. The maximum absolute atomic E-state index is 6.31. The van der Waals surface area contributed by atoms with Crippen molar-refractivity contribution in [3.8, 4) is 0 Å². The van der Waals surface area contributed by atoms with Crippen LogP contribution in [0, 0.1) is 18.8 Å². The van der Waals surface area contributed by atoms with Gasteiger partial charge in [-0.05, 0) is 86.1 Å². The molecule has 3 atom stereocenters. The van der Waals surface area contributed by atoms with Gasteiger partial charge in [0.2, 0.25) is 0 Å². The zero-order valence-electron chi connectivity index (χ0n) is 29.2. The maximum atomic E-state index is 6.31. The molecule has 7 rings (SSSR count). The molecular weight excluding hydrogens is 585 g/mol. The van der Waals surface area contributed by atoms with Gasteiger partial charge in [0.15, 0.2) is 0 Å². The summed E-state index contributed by atoms with van der Waals surface area (Å²) in [4.78, 5) is 0. The predicted octanol–water partition coefficient (Wildman–Crippen LogP) is 9.33. The minimum Gasteiger partial charge on any atom is -0.456 e. The number of hydrogen-bond donors (Lipinski definition) is 2. The highest BCUT2D eigenvalue weighted by molar-refractivity contribution is 5.81. The number of hydrogen-bond acceptors (Lipinski definition) is 3. The van der Waals surface area contributed by atoms with E-state index in [0.717, 1.165) is 34.4 Å². The molecule has 3 nitrogen and oxygen atoms in total. The third-order valence-electron chi connectivity index (χ3n) is 9.85. The number of rotatable bonds is 7. The average Bonchev–Trinajstić information content (AvgIpc) is 3.66. The lowest BCUT2D eigenvalue weighted by atomic mass is 9.69. The largest absolute Gasteiger partial charge is 0.456 e. The van der Waals surface area contributed by atoms with Crippen LogP contribution in [0.25, 0.3) is 23.1 Å². The molecule has 2 heterocycles. The van der Waals surface area contributed by atoms with Crippen molar-refractivity contribution in [2.75, 3.05) is 7.05 Å². The molecule has 2 unspecified atom stereocenters. The first-order chi connectivity index (χ1) is 23.6. The first kappa shape index (κ1) is 34.7. The quantitative estimate of drug-likeness (QED) is 0.187. The Bertz CT molecular complexity index is 1920. The Morgan fingerprint density at radius 2 is 1.54 bits per heavy atom. The molecule has 2 aliphatic rings. The normalized spacial score (nSPS) is 20.4. The second-order valence-electron chi connectivity index (χ2n) is 12.9. The minimum atomic E-state index is -0.146. The molecule has 1 aromatic heterocycles. The molecule has 0 bridgehead atoms. The molecule has 0 fully saturated rings. The van der Waals surface area contributed by atoms with E-state index in [1.165, 1.54) is 60.7 Å². The van der Waals surface area contributed by atoms with Gasteiger partial charge >= 0.3 is 0 Å². The van der Waals surface area contributed by atoms with E-state index in [4.69, 9.17) is 4.42 Å². The van der Waals surface area contributed by atoms with Gasteiger partial charge in [0, 0.05) is 27.9 Å². The monoisotopic (exact) mass is 636 g/mol. The number of benzene rings is 4. The fraction of sp³-hybridized carbons (Fsp3) is 0.289. The smallest absolute Gasteiger partial charge is 0.135 e. The van der Waals surface area contributed by atoms with Gasteiger partial charge in [-0.3, -0.25) is 0 Å². The van der Waals surface area contributed by atoms with Crippen LogP contribution in [0.1, 0.15) is 68.2 Å². The van der Waals surface area contributed by atoms with Crippen molar-refractivity contribution in [3.05, 3.63) is 166 Å². The molecule has 0 radical (unpaired) electrons. The van der Waals surface area contributed by atoms with E-state index >= 15 is 0 Å². The summed E-state index contributed by atoms with van der Waals surface area (Å²) in [7, 11) is 1.50. The van der Waals surface area contributed by atoms with Crippen LogP contribution in [0.2, 0.25) is 0 Å². The molecule has 0 saturated carbocycles. The number of allylic oxidation sites excluding steroid dienone is 3. The lowest BCUT2D eigenvalue weighted by Gasteiger charge is -2.36. The van der Waals surface area contributed by atoms with Gasteiger partial charge in [-0.25, -0.2) is 0 Å². The van der Waals surface area contributed by atoms with Crippen LogP contribution < -0.4 is 21.7 Å². The van der Waals surface area contributed by atoms with Crippen LogP contribution in [0.5, 0.6) is 0 Å². The predicted molar refractivity (Wildman–Crippen MR) is 205 cm³/mol. The molecule has 4 aromatic carbocycles. The van der Waals surface area contributed by atoms with Crippen LogP contribution >= 0.6 is 0 Å². The van der Waals surface area contributed by atoms with Crippen molar-refractivity contribution in [2.45, 2.75) is 64.7 Å². The average molecular weight is 637 g/mol. The van der Waals surface area contributed by atoms with Crippen molar-refractivity contribution >= 4 is 23.1 Å². The van der Waals surface area contributed by atoms with Gasteiger partial charge in [-0.15, -0.1) is 0 Å². The van der Waals surface area contributed by atoms with Gasteiger partial charge in [-0.1, -0.05) is 148 Å². The molecule has 0 spiro atoms. The molecular formula is C45H52N2O. The first-order valence-corrected chi connectivity index (χ1v) is 17.7. The summed E-state index contributed by atoms with van der Waals surface area (Å²) < 4.78 is 6.31. The fourth-order valence-corrected chi connectivity index (χ4v) is 7.46. The highest BCUT2D eigenvalue weighted by atomic mass is 16.3. The summed E-state index contributed by atoms with van der Waals surface area (Å²) >= 11 is 0. The van der Waals surface area contributed by atoms with Crippen molar-refractivity contribution in [1.82, 2.24) is 5.32 Å². The Morgan fingerprint density at radius 3 is 2.25 bits per heavy atom. The lowest BCUT2D eigenvalue weighted by Crippen LogP contribution is -2.35. The van der Waals surface area contributed by atoms with Crippen molar-refractivity contribution in [1.29, 1.82) is 0 Å². The number of unbranched alkanes of at least 4 members (excludes halogenated alkanes) is 1. The van der Waals surface area contributed by atoms with Crippen molar-refractivity contribution in [2.24, 2.45) is 17.6 Å². The van der Waals surface area contributed by atoms with E-state index in [1.807, 2.05) is 24.3 Å². The van der Waals surface area contributed by atoms with Crippen LogP contribution in [-0.4, -0.2) is 7.05 Å². The van der Waals surface area contributed by atoms with Crippen LogP contribution in [0.3, 0.4) is 0 Å². The van der Waals surface area contributed by atoms with Crippen molar-refractivity contribution < 1.29 is 4.42 Å². The number of fused-ring (bicyclic) bond motifs is 6. The van der Waals surface area contributed by atoms with Gasteiger partial charge in [0.1, 0.15) is 11.0 Å². The van der Waals surface area contributed by atoms with Crippen LogP contribution in [0.4, 0.5) is 0 Å². The number of furan rings is 1. The second kappa shape index (κ2) is 17.0. The Kier molecular flexibility index (Phi) is 12.3. The standard InChI is InChI=1S/C37H39NO.C7H8.CH5N/c1-3-5-16-28(4-2)30-24-36-37(26-30,25-27-14-7-6-8-15-27)33-19-11-9-17-29(33)23-32-31-18-10-12-20-34(31)39-35(32)21-13-22-38-36;1-7-5-3-2-4-6-7;1-2/h6-15,17-24,28,30,38H,3-5,16,25-26H2,1-2H3;2-6H,1H3;2H2,1H3/b22-13+,32-23-,35-21+;;/t28?,30?,37-;;/m1../s1. The van der Waals surface area contributed by atoms with E-state index in [9.17, 15) is 0 Å². The summed E-state index contributed by atoms with van der Waals surface area (Å²) in [6.07, 6.45) is 18.4. The fourth-order valence-electron chi connectivity index (χ4n) is 7.46. The molecule has 248 valence electrons. The molecule has 3 heteroatoms. The van der Waals surface area contributed by atoms with Gasteiger partial charge in [0.25, 0.3) is 0 Å². The molecule has 0 amide bonds. The van der Waals surface area contributed by atoms with Gasteiger partial charge in [0.05, 0.1) is 0 Å². The summed E-state index contributed by atoms with van der Waals surface area (Å²) in [6.45, 7) is 6.77. The molecule has 5 aromatic rings. The number of aryl methyl sites for hydroxylation is 1. The topological polar surface area (TPSA) is 51.2 Å². The number of nitrogens with two attached hydrogens (primary N) is 1. The van der Waals surface area contributed by atoms with Gasteiger partial charge < -0.3 is 15.5 Å². The lowest BCUT2D eigenvalue weighted by molar-refractivity contribution is 0.303. The second-order valence-corrected chi connectivity index (χ2v) is 12.9. The number of nitrogens with one attached hydrogen (secondary N) is 1. The SMILES string of the molecule is CCCCC(CC)C1C=C2N/C=C/C=c3/oc4ccccc4/c3=C/c3ccccc3[C@@]2(Cc2ccccc2)C1.CN.Cc1ccccc1. The number of para-hydroxylation sites is 1. The van der Waals surface area contributed by atoms with E-state index in [-0.39, 0.29) is 5.41 Å². The van der Waals surface area contributed by atoms with E-state index in [0.29, 0.717) is 11.8 Å². The highest BCUT2D eigenvalue weighted by Gasteiger charge is 2.45. The Morgan fingerprint density at radius 1 is 0.854 bits per heavy atom. The molecule has 1 aliphatic heterocycles. The first-order valence-electron chi connectivity index (χ1n) is 17.7. The van der Waals surface area contributed by atoms with Crippen LogP contribution in [-0.2, 0) is 11.8 Å². The molecule has 0 saturated heterocycles. The summed E-state index contributed by atoms with van der Waals surface area (Å²) in [5.41, 5.74) is 12.9. The third-order valence-corrected chi connectivity index (χ3v) is 9.85. The zero-order valence-corrected chi connectivity index (χ0v) is 29.2. The molecule has 3 N–H and O–H groups in total. The summed E-state index contributed by atoms with van der Waals surface area (Å²) in [5, 5.41) is 6.11. The van der Waals surface area contributed by atoms with E-state index < -0.39 is 0 Å². The molecule has 1 aliphatic carbocycles. The minimum absolute atomic E-state index is 0.146. The highest BCUT2D eigenvalue weighted by Crippen LogP contribution is 2.50. The third kappa shape index (κ3) is 7.91. The van der Waals surface area contributed by atoms with Crippen molar-refractivity contribution in [3.63, 3.8) is 0 Å². The Hall–Kier alpha value is -4.60. The Labute approximate surface area is 287 Å². The Balaban J connectivity index is 0.000000440. The zero-order chi connectivity index (χ0) is 33.8. The van der Waals surface area contributed by atoms with Gasteiger partial charge in [-0.2, -0.15) is 0 Å². The van der Waals surface area contributed by atoms with E-state index in [2.05, 4.69) is 147 Å². The van der Waals surface area contributed by atoms with Crippen LogP contribution in [0.15, 0.2) is 138 Å². The summed E-state index contributed by atoms with van der Waals surface area (Å²) in [6, 6.07) is 38.7.